The summed E-state index contributed by atoms with van der Waals surface area (Å²) in [7, 11) is -4.27. The summed E-state index contributed by atoms with van der Waals surface area (Å²) >= 11 is 0. The van der Waals surface area contributed by atoms with E-state index in [0.717, 1.165) is 10.4 Å². The number of halogens is 6. The maximum atomic E-state index is 13.0. The summed E-state index contributed by atoms with van der Waals surface area (Å²) < 4.78 is 104. The van der Waals surface area contributed by atoms with E-state index >= 15 is 0 Å². The molecule has 1 amide bonds. The Balaban J connectivity index is 2.23. The lowest BCUT2D eigenvalue weighted by atomic mass is 10.1. The topological polar surface area (TPSA) is 102 Å². The smallest absolute Gasteiger partial charge is 0.352 e. The van der Waals surface area contributed by atoms with Gasteiger partial charge in [-0.15, -0.1) is 0 Å². The van der Waals surface area contributed by atoms with Gasteiger partial charge in [0.25, 0.3) is 5.91 Å². The first-order chi connectivity index (χ1) is 14.1. The lowest BCUT2D eigenvalue weighted by Crippen LogP contribution is -2.51. The Morgan fingerprint density at radius 2 is 1.84 bits per heavy atom. The van der Waals surface area contributed by atoms with E-state index < -0.39 is 69.7 Å². The molecule has 7 nitrogen and oxygen atoms in total. The van der Waals surface area contributed by atoms with Gasteiger partial charge in [0.2, 0.25) is 0 Å². The average molecular weight is 470 g/mol. The Morgan fingerprint density at radius 1 is 1.23 bits per heavy atom. The molecule has 170 valence electrons. The number of rotatable bonds is 7. The van der Waals surface area contributed by atoms with Crippen LogP contribution in [0.1, 0.15) is 22.3 Å². The van der Waals surface area contributed by atoms with Crippen molar-refractivity contribution < 1.29 is 39.6 Å². The van der Waals surface area contributed by atoms with E-state index in [1.165, 1.54) is 0 Å². The van der Waals surface area contributed by atoms with Crippen LogP contribution in [0.2, 0.25) is 0 Å². The summed E-state index contributed by atoms with van der Waals surface area (Å²) in [6, 6.07) is 3.52. The van der Waals surface area contributed by atoms with Crippen molar-refractivity contribution in [3.8, 4) is 6.07 Å². The highest BCUT2D eigenvalue weighted by atomic mass is 32.2. The van der Waals surface area contributed by atoms with Gasteiger partial charge in [0, 0.05) is 25.2 Å². The van der Waals surface area contributed by atoms with Gasteiger partial charge in [-0.2, -0.15) is 44.3 Å². The third-order valence-corrected chi connectivity index (χ3v) is 5.77. The minimum Gasteiger partial charge on any atom is -0.352 e. The molecule has 0 spiro atoms. The molecule has 0 unspecified atom stereocenters. The summed E-state index contributed by atoms with van der Waals surface area (Å²) in [5.41, 5.74) is -3.63. The molecule has 0 radical (unpaired) electrons. The molecule has 0 aliphatic carbocycles. The van der Waals surface area contributed by atoms with Crippen molar-refractivity contribution in [2.75, 3.05) is 24.4 Å². The van der Waals surface area contributed by atoms with Gasteiger partial charge in [0.05, 0.1) is 28.8 Å². The molecular weight excluding hydrogens is 454 g/mol. The number of nitrogens with one attached hydrogen (secondary N) is 2. The number of alkyl halides is 6. The molecule has 14 heteroatoms. The molecule has 1 aromatic rings. The summed E-state index contributed by atoms with van der Waals surface area (Å²) in [4.78, 5) is 12.3. The van der Waals surface area contributed by atoms with E-state index in [0.29, 0.717) is 12.1 Å². The van der Waals surface area contributed by atoms with E-state index in [1.54, 1.807) is 0 Å². The molecule has 1 heterocycles. The first kappa shape index (κ1) is 24.5. The fourth-order valence-electron chi connectivity index (χ4n) is 2.48. The summed E-state index contributed by atoms with van der Waals surface area (Å²) in [5, 5.41) is 10.7. The van der Waals surface area contributed by atoms with Crippen molar-refractivity contribution in [1.82, 2.24) is 9.62 Å². The quantitative estimate of drug-likeness (QED) is 0.472. The Kier molecular flexibility index (Phi) is 6.91. The van der Waals surface area contributed by atoms with Crippen molar-refractivity contribution in [2.24, 2.45) is 5.92 Å². The lowest BCUT2D eigenvalue weighted by Gasteiger charge is -2.34. The Labute approximate surface area is 173 Å². The molecule has 1 fully saturated rings. The summed E-state index contributed by atoms with van der Waals surface area (Å²) in [5.74, 6) is -1.74. The Bertz CT molecular complexity index is 1010. The van der Waals surface area contributed by atoms with Gasteiger partial charge < -0.3 is 5.32 Å². The van der Waals surface area contributed by atoms with Gasteiger partial charge in [0.15, 0.2) is 0 Å². The van der Waals surface area contributed by atoms with Crippen molar-refractivity contribution in [2.45, 2.75) is 18.8 Å². The molecule has 1 aromatic carbocycles. The summed E-state index contributed by atoms with van der Waals surface area (Å²) in [6.07, 6.45) is -10.3. The number of anilines is 1. The van der Waals surface area contributed by atoms with Crippen LogP contribution >= 0.6 is 0 Å². The Morgan fingerprint density at radius 3 is 2.35 bits per heavy atom. The van der Waals surface area contributed by atoms with Crippen LogP contribution in [-0.2, 0) is 16.4 Å². The van der Waals surface area contributed by atoms with Crippen LogP contribution in [0.3, 0.4) is 0 Å². The number of hydrogen-bond acceptors (Lipinski definition) is 4. The molecule has 0 saturated carbocycles. The lowest BCUT2D eigenvalue weighted by molar-refractivity contribution is -0.137. The van der Waals surface area contributed by atoms with E-state index in [1.807, 2.05) is 16.1 Å². The highest BCUT2D eigenvalue weighted by Crippen LogP contribution is 2.33. The monoisotopic (exact) mass is 470 g/mol. The maximum absolute atomic E-state index is 13.0. The number of nitrogens with zero attached hydrogens (tertiary/aromatic N) is 2. The predicted molar refractivity (Wildman–Crippen MR) is 96.8 cm³/mol. The molecule has 2 N–H and O–H groups in total. The maximum Gasteiger partial charge on any atom is 0.416 e. The fraction of sp³-hybridized carbons (Fsp3) is 0.412. The van der Waals surface area contributed by atoms with Gasteiger partial charge in [-0.3, -0.25) is 9.52 Å². The predicted octanol–water partition coefficient (Wildman–Crippen LogP) is 3.06. The number of amides is 1. The van der Waals surface area contributed by atoms with Gasteiger partial charge >= 0.3 is 22.6 Å². The van der Waals surface area contributed by atoms with Crippen LogP contribution in [0.25, 0.3) is 0 Å². The zero-order valence-corrected chi connectivity index (χ0v) is 16.5. The fourth-order valence-corrected chi connectivity index (χ4v) is 3.82. The Hall–Kier alpha value is -2.79. The van der Waals surface area contributed by atoms with Crippen LogP contribution in [-0.4, -0.2) is 44.4 Å². The van der Waals surface area contributed by atoms with Crippen LogP contribution in [0, 0.1) is 17.2 Å². The minimum absolute atomic E-state index is 0.131. The number of benzene rings is 1. The van der Waals surface area contributed by atoms with Gasteiger partial charge in [-0.1, -0.05) is 6.58 Å². The zero-order chi connectivity index (χ0) is 23.6. The SMILES string of the molecule is C=C(CCNC(=O)c1cc(C(F)(F)F)ccc1NS(=O)(=O)N1CC(C#N)C1)C(F)(F)F. The minimum atomic E-state index is -4.85. The van der Waals surface area contributed by atoms with E-state index in [4.69, 9.17) is 5.26 Å². The third-order valence-electron chi connectivity index (χ3n) is 4.31. The van der Waals surface area contributed by atoms with E-state index in [2.05, 4.69) is 6.58 Å². The molecule has 0 atom stereocenters. The molecular formula is C17H16F6N4O3S. The molecule has 0 aromatic heterocycles. The van der Waals surface area contributed by atoms with E-state index in [9.17, 15) is 39.6 Å². The molecule has 1 aliphatic rings. The van der Waals surface area contributed by atoms with Gasteiger partial charge in [0.1, 0.15) is 0 Å². The largest absolute Gasteiger partial charge is 0.416 e. The normalized spacial score (nSPS) is 15.6. The molecule has 1 aliphatic heterocycles. The van der Waals surface area contributed by atoms with Crippen molar-refractivity contribution >= 4 is 21.8 Å². The van der Waals surface area contributed by atoms with Crippen LogP contribution in [0.5, 0.6) is 0 Å². The standard InChI is InChI=1S/C17H16F6N4O3S/c1-10(16(18,19)20)4-5-25-15(28)13-6-12(17(21,22)23)2-3-14(13)26-31(29,30)27-8-11(7-24)9-27/h2-3,6,11,26H,1,4-5,8-9H2,(H,25,28). The van der Waals surface area contributed by atoms with Crippen LogP contribution in [0.15, 0.2) is 30.4 Å². The van der Waals surface area contributed by atoms with Crippen LogP contribution < -0.4 is 10.0 Å². The van der Waals surface area contributed by atoms with Crippen molar-refractivity contribution in [3.63, 3.8) is 0 Å². The highest BCUT2D eigenvalue weighted by Gasteiger charge is 2.37. The molecule has 2 rings (SSSR count). The molecule has 31 heavy (non-hydrogen) atoms. The second kappa shape index (κ2) is 8.75. The first-order valence-electron chi connectivity index (χ1n) is 8.57. The number of carbonyl (C=O) groups is 1. The second-order valence-electron chi connectivity index (χ2n) is 6.62. The van der Waals surface area contributed by atoms with Crippen molar-refractivity contribution in [1.29, 1.82) is 5.26 Å². The first-order valence-corrected chi connectivity index (χ1v) is 10.0. The molecule has 0 bridgehead atoms. The summed E-state index contributed by atoms with van der Waals surface area (Å²) in [6.45, 7) is 1.96. The number of carbonyl (C=O) groups excluding carboxylic acids is 1. The highest BCUT2D eigenvalue weighted by molar-refractivity contribution is 7.90. The zero-order valence-electron chi connectivity index (χ0n) is 15.6. The second-order valence-corrected chi connectivity index (χ2v) is 8.29. The van der Waals surface area contributed by atoms with E-state index in [-0.39, 0.29) is 13.1 Å². The van der Waals surface area contributed by atoms with Gasteiger partial charge in [-0.05, 0) is 24.6 Å². The van der Waals surface area contributed by atoms with Crippen molar-refractivity contribution in [3.05, 3.63) is 41.5 Å². The third kappa shape index (κ3) is 6.11. The van der Waals surface area contributed by atoms with Gasteiger partial charge in [-0.25, -0.2) is 0 Å². The molecule has 1 saturated heterocycles. The average Bonchev–Trinajstić information content (AvgIpc) is 2.58. The number of hydrogen-bond donors (Lipinski definition) is 2. The number of nitriles is 1. The van der Waals surface area contributed by atoms with Crippen LogP contribution in [0.4, 0.5) is 32.0 Å².